The van der Waals surface area contributed by atoms with Gasteiger partial charge in [0.1, 0.15) is 15.7 Å². The van der Waals surface area contributed by atoms with Crippen molar-refractivity contribution >= 4 is 27.3 Å². The molecule has 0 saturated carbocycles. The third-order valence-electron chi connectivity index (χ3n) is 6.25. The first-order valence-electron chi connectivity index (χ1n) is 12.1. The van der Waals surface area contributed by atoms with Crippen molar-refractivity contribution in [3.63, 3.8) is 0 Å². The Morgan fingerprint density at radius 1 is 0.868 bits per heavy atom. The summed E-state index contributed by atoms with van der Waals surface area (Å²) >= 11 is 1.38. The summed E-state index contributed by atoms with van der Waals surface area (Å²) in [4.78, 5) is 10.2. The molecular formula is C30H27N3O3S2. The van der Waals surface area contributed by atoms with Crippen LogP contribution in [0.5, 0.6) is 0 Å². The largest absolute Gasteiger partial charge is 0.364 e. The van der Waals surface area contributed by atoms with E-state index < -0.39 is 10.1 Å². The van der Waals surface area contributed by atoms with Gasteiger partial charge in [-0.1, -0.05) is 66.2 Å². The fourth-order valence-corrected chi connectivity index (χ4v) is 6.30. The lowest BCUT2D eigenvalue weighted by Crippen LogP contribution is -2.07. The molecule has 6 nitrogen and oxygen atoms in total. The fraction of sp³-hybridized carbons (Fsp3) is 0.133. The minimum absolute atomic E-state index is 0.0529. The third kappa shape index (κ3) is 5.52. The van der Waals surface area contributed by atoms with Crippen LogP contribution in [0.15, 0.2) is 96.0 Å². The molecule has 0 aliphatic rings. The highest BCUT2D eigenvalue weighted by Gasteiger charge is 2.23. The van der Waals surface area contributed by atoms with Gasteiger partial charge in [-0.25, -0.2) is 9.97 Å². The molecule has 0 bridgehead atoms. The number of pyridine rings is 1. The number of aromatic nitrogens is 2. The van der Waals surface area contributed by atoms with Gasteiger partial charge in [0.2, 0.25) is 0 Å². The molecule has 5 aromatic rings. The number of hydrogen-bond acceptors (Lipinski definition) is 6. The summed E-state index contributed by atoms with van der Waals surface area (Å²) in [7, 11) is -4.44. The molecule has 1 atom stereocenters. The van der Waals surface area contributed by atoms with Crippen LogP contribution in [0, 0.1) is 13.8 Å². The Morgan fingerprint density at radius 3 is 2.37 bits per heavy atom. The van der Waals surface area contributed by atoms with E-state index in [9.17, 15) is 13.0 Å². The van der Waals surface area contributed by atoms with Crippen molar-refractivity contribution in [2.24, 2.45) is 0 Å². The van der Waals surface area contributed by atoms with Crippen molar-refractivity contribution < 1.29 is 13.0 Å². The normalized spacial score (nSPS) is 12.3. The van der Waals surface area contributed by atoms with Crippen LogP contribution in [0.3, 0.4) is 0 Å². The summed E-state index contributed by atoms with van der Waals surface area (Å²) in [5.41, 5.74) is 5.91. The number of nitrogens with one attached hydrogen (secondary N) is 1. The highest BCUT2D eigenvalue weighted by Crippen LogP contribution is 2.42. The van der Waals surface area contributed by atoms with E-state index >= 15 is 0 Å². The van der Waals surface area contributed by atoms with Crippen molar-refractivity contribution in [3.8, 4) is 32.3 Å². The number of hydrogen-bond donors (Lipinski definition) is 2. The molecule has 0 aliphatic carbocycles. The third-order valence-corrected chi connectivity index (χ3v) is 8.28. The summed E-state index contributed by atoms with van der Waals surface area (Å²) in [5.74, 6) is 0.720. The molecule has 8 heteroatoms. The zero-order chi connectivity index (χ0) is 26.9. The number of thiazole rings is 1. The Kier molecular flexibility index (Phi) is 7.12. The van der Waals surface area contributed by atoms with E-state index in [1.54, 1.807) is 19.2 Å². The number of benzene rings is 3. The molecule has 192 valence electrons. The number of nitrogens with zero attached hydrogens (tertiary/aromatic N) is 2. The lowest BCUT2D eigenvalue weighted by atomic mass is 10.0. The lowest BCUT2D eigenvalue weighted by molar-refractivity contribution is 0.483. The summed E-state index contributed by atoms with van der Waals surface area (Å²) < 4.78 is 34.4. The Labute approximate surface area is 226 Å². The van der Waals surface area contributed by atoms with E-state index in [0.29, 0.717) is 10.6 Å². The summed E-state index contributed by atoms with van der Waals surface area (Å²) in [6.07, 6.45) is 1.75. The predicted molar refractivity (Wildman–Crippen MR) is 154 cm³/mol. The molecule has 38 heavy (non-hydrogen) atoms. The standard InChI is InChI=1S/C30H27N3O3S2/c1-19-8-7-11-23(16-19)28-29(37-30(33-28)25-13-12-20(2)17-26(25)38(34,35)36)24-14-15-31-27(18-24)32-21(3)22-9-5-4-6-10-22/h4-18,21H,1-3H3,(H,31,32)(H,34,35,36)/t21-/m0/s1. The first-order chi connectivity index (χ1) is 18.2. The molecule has 5 rings (SSSR count). The van der Waals surface area contributed by atoms with E-state index in [1.807, 2.05) is 61.5 Å². The Bertz CT molecular complexity index is 1710. The van der Waals surface area contributed by atoms with Crippen LogP contribution < -0.4 is 5.32 Å². The van der Waals surface area contributed by atoms with Crippen molar-refractivity contribution in [2.45, 2.75) is 31.7 Å². The number of rotatable bonds is 7. The summed E-state index contributed by atoms with van der Waals surface area (Å²) in [6.45, 7) is 5.89. The molecule has 0 aliphatic heterocycles. The van der Waals surface area contributed by atoms with Crippen LogP contribution in [-0.2, 0) is 10.1 Å². The predicted octanol–water partition coefficient (Wildman–Crippen LogP) is 7.58. The second-order valence-electron chi connectivity index (χ2n) is 9.25. The number of anilines is 1. The van der Waals surface area contributed by atoms with Crippen LogP contribution in [0.25, 0.3) is 32.3 Å². The second-order valence-corrected chi connectivity index (χ2v) is 11.6. The van der Waals surface area contributed by atoms with Gasteiger partial charge in [0, 0.05) is 23.4 Å². The monoisotopic (exact) mass is 541 g/mol. The first-order valence-corrected chi connectivity index (χ1v) is 14.4. The average Bonchev–Trinajstić information content (AvgIpc) is 3.34. The molecule has 2 N–H and O–H groups in total. The second kappa shape index (κ2) is 10.5. The smallest absolute Gasteiger partial charge is 0.295 e. The number of aryl methyl sites for hydroxylation is 2. The van der Waals surface area contributed by atoms with Crippen molar-refractivity contribution in [3.05, 3.63) is 108 Å². The van der Waals surface area contributed by atoms with E-state index in [4.69, 9.17) is 4.98 Å². The lowest BCUT2D eigenvalue weighted by Gasteiger charge is -2.15. The maximum Gasteiger partial charge on any atom is 0.295 e. The molecule has 3 aromatic carbocycles. The van der Waals surface area contributed by atoms with Crippen molar-refractivity contribution in [1.82, 2.24) is 9.97 Å². The van der Waals surface area contributed by atoms with Gasteiger partial charge in [-0.2, -0.15) is 8.42 Å². The molecule has 0 amide bonds. The van der Waals surface area contributed by atoms with Crippen LogP contribution in [0.1, 0.15) is 29.7 Å². The van der Waals surface area contributed by atoms with Gasteiger partial charge in [0.25, 0.3) is 10.1 Å². The summed E-state index contributed by atoms with van der Waals surface area (Å²) in [5, 5.41) is 3.98. The van der Waals surface area contributed by atoms with E-state index in [0.717, 1.165) is 44.2 Å². The minimum Gasteiger partial charge on any atom is -0.364 e. The molecule has 2 heterocycles. The highest BCUT2D eigenvalue weighted by atomic mass is 32.2. The molecule has 0 radical (unpaired) electrons. The zero-order valence-electron chi connectivity index (χ0n) is 21.2. The van der Waals surface area contributed by atoms with Crippen molar-refractivity contribution in [1.29, 1.82) is 0 Å². The van der Waals surface area contributed by atoms with E-state index in [2.05, 4.69) is 35.4 Å². The topological polar surface area (TPSA) is 92.2 Å². The average molecular weight is 542 g/mol. The van der Waals surface area contributed by atoms with Gasteiger partial charge in [-0.3, -0.25) is 4.55 Å². The van der Waals surface area contributed by atoms with Crippen molar-refractivity contribution in [2.75, 3.05) is 5.32 Å². The Balaban J connectivity index is 1.63. The van der Waals surface area contributed by atoms with Gasteiger partial charge >= 0.3 is 0 Å². The fourth-order valence-electron chi connectivity index (χ4n) is 4.34. The summed E-state index contributed by atoms with van der Waals surface area (Å²) in [6, 6.07) is 27.1. The van der Waals surface area contributed by atoms with Crippen LogP contribution in [-0.4, -0.2) is 22.9 Å². The Hall–Kier alpha value is -3.85. The first kappa shape index (κ1) is 25.8. The minimum atomic E-state index is -4.44. The van der Waals surface area contributed by atoms with Gasteiger partial charge in [0.15, 0.2) is 0 Å². The van der Waals surface area contributed by atoms with E-state index in [1.165, 1.54) is 17.4 Å². The Morgan fingerprint density at radius 2 is 1.63 bits per heavy atom. The molecule has 0 spiro atoms. The van der Waals surface area contributed by atoms with Gasteiger partial charge < -0.3 is 5.32 Å². The molecule has 0 unspecified atom stereocenters. The molecular weight excluding hydrogens is 514 g/mol. The van der Waals surface area contributed by atoms with Gasteiger partial charge in [-0.15, -0.1) is 11.3 Å². The van der Waals surface area contributed by atoms with Gasteiger partial charge in [0.05, 0.1) is 10.6 Å². The highest BCUT2D eigenvalue weighted by molar-refractivity contribution is 7.86. The zero-order valence-corrected chi connectivity index (χ0v) is 22.8. The quantitative estimate of drug-likeness (QED) is 0.206. The SMILES string of the molecule is Cc1cccc(-c2nc(-c3ccc(C)cc3S(=O)(=O)O)sc2-c2ccnc(N[C@@H](C)c3ccccc3)c2)c1. The van der Waals surface area contributed by atoms with E-state index in [-0.39, 0.29) is 10.9 Å². The maximum atomic E-state index is 12.2. The maximum absolute atomic E-state index is 12.2. The van der Waals surface area contributed by atoms with Crippen LogP contribution >= 0.6 is 11.3 Å². The van der Waals surface area contributed by atoms with Gasteiger partial charge in [-0.05, 0) is 61.7 Å². The van der Waals surface area contributed by atoms with Crippen LogP contribution in [0.4, 0.5) is 5.82 Å². The van der Waals surface area contributed by atoms with Crippen LogP contribution in [0.2, 0.25) is 0 Å². The molecule has 0 saturated heterocycles. The molecule has 2 aromatic heterocycles. The molecule has 0 fully saturated rings.